The molecule has 2 aromatic heterocycles. The Kier molecular flexibility index (Phi) is 3.31. The molecular weight excluding hydrogens is 224 g/mol. The van der Waals surface area contributed by atoms with Gasteiger partial charge >= 0.3 is 0 Å². The van der Waals surface area contributed by atoms with Gasteiger partial charge in [0, 0.05) is 11.8 Å². The summed E-state index contributed by atoms with van der Waals surface area (Å²) in [5, 5.41) is 6.65. The molecule has 0 saturated carbocycles. The van der Waals surface area contributed by atoms with Crippen LogP contribution in [0, 0.1) is 0 Å². The van der Waals surface area contributed by atoms with Crippen molar-refractivity contribution in [1.82, 2.24) is 15.1 Å². The van der Waals surface area contributed by atoms with Crippen molar-refractivity contribution < 1.29 is 4.52 Å². The van der Waals surface area contributed by atoms with Gasteiger partial charge < -0.3 is 10.3 Å². The van der Waals surface area contributed by atoms with Crippen LogP contribution in [-0.2, 0) is 6.42 Å². The fraction of sp³-hybridized carbons (Fsp3) is 0.500. The van der Waals surface area contributed by atoms with Gasteiger partial charge in [-0.2, -0.15) is 4.98 Å². The molecule has 0 fully saturated rings. The van der Waals surface area contributed by atoms with Crippen LogP contribution in [0.3, 0.4) is 0 Å². The van der Waals surface area contributed by atoms with Gasteiger partial charge in [0.15, 0.2) is 5.82 Å². The molecule has 0 saturated heterocycles. The van der Waals surface area contributed by atoms with Crippen LogP contribution < -0.4 is 5.73 Å². The highest BCUT2D eigenvalue weighted by Gasteiger charge is 2.13. The van der Waals surface area contributed by atoms with E-state index in [1.54, 1.807) is 0 Å². The number of hydrogen-bond donors (Lipinski definition) is 1. The van der Waals surface area contributed by atoms with Crippen LogP contribution in [0.5, 0.6) is 0 Å². The van der Waals surface area contributed by atoms with E-state index in [4.69, 9.17) is 10.3 Å². The number of hydrogen-bond acceptors (Lipinski definition) is 6. The van der Waals surface area contributed by atoms with Crippen molar-refractivity contribution in [3.63, 3.8) is 0 Å². The molecule has 5 nitrogen and oxygen atoms in total. The van der Waals surface area contributed by atoms with Gasteiger partial charge in [0.2, 0.25) is 0 Å². The maximum atomic E-state index is 5.74. The lowest BCUT2D eigenvalue weighted by atomic mass is 10.3. The van der Waals surface area contributed by atoms with Gasteiger partial charge in [-0.3, -0.25) is 0 Å². The summed E-state index contributed by atoms with van der Waals surface area (Å²) in [6.07, 6.45) is 1.83. The third-order valence-corrected chi connectivity index (χ3v) is 3.12. The van der Waals surface area contributed by atoms with Gasteiger partial charge in [0.05, 0.1) is 6.04 Å². The van der Waals surface area contributed by atoms with Crippen molar-refractivity contribution in [2.45, 2.75) is 32.7 Å². The minimum Gasteiger partial charge on any atom is -0.332 e. The van der Waals surface area contributed by atoms with Gasteiger partial charge in [0.1, 0.15) is 10.7 Å². The molecule has 0 aliphatic carbocycles. The zero-order chi connectivity index (χ0) is 11.5. The first-order valence-electron chi connectivity index (χ1n) is 5.24. The van der Waals surface area contributed by atoms with Crippen LogP contribution in [-0.4, -0.2) is 15.1 Å². The predicted molar refractivity (Wildman–Crippen MR) is 62.0 cm³/mol. The smallest absolute Gasteiger partial charge is 0.277 e. The number of thiazole rings is 1. The molecule has 0 aliphatic heterocycles. The molecule has 0 aliphatic rings. The topological polar surface area (TPSA) is 77.8 Å². The molecular formula is C10H14N4OS. The lowest BCUT2D eigenvalue weighted by Crippen LogP contribution is -2.03. The molecule has 1 unspecified atom stereocenters. The SMILES string of the molecule is CCCc1noc(-c2csc(C(C)N)n2)n1. The van der Waals surface area contributed by atoms with E-state index in [9.17, 15) is 0 Å². The van der Waals surface area contributed by atoms with Crippen molar-refractivity contribution in [3.05, 3.63) is 16.2 Å². The van der Waals surface area contributed by atoms with E-state index < -0.39 is 0 Å². The second-order valence-corrected chi connectivity index (χ2v) is 4.52. The van der Waals surface area contributed by atoms with Gasteiger partial charge in [-0.15, -0.1) is 11.3 Å². The average Bonchev–Trinajstić information content (AvgIpc) is 2.84. The Bertz CT molecular complexity index is 463. The summed E-state index contributed by atoms with van der Waals surface area (Å²) in [7, 11) is 0. The predicted octanol–water partition coefficient (Wildman–Crippen LogP) is 2.17. The number of nitrogens with zero attached hydrogens (tertiary/aromatic N) is 3. The van der Waals surface area contributed by atoms with Crippen LogP contribution >= 0.6 is 11.3 Å². The molecule has 0 aromatic carbocycles. The second kappa shape index (κ2) is 4.71. The van der Waals surface area contributed by atoms with Crippen LogP contribution in [0.4, 0.5) is 0 Å². The van der Waals surface area contributed by atoms with E-state index in [1.165, 1.54) is 11.3 Å². The molecule has 1 atom stereocenters. The largest absolute Gasteiger partial charge is 0.332 e. The minimum absolute atomic E-state index is 0.0585. The van der Waals surface area contributed by atoms with Gasteiger partial charge in [-0.05, 0) is 13.3 Å². The highest BCUT2D eigenvalue weighted by molar-refractivity contribution is 7.10. The molecule has 0 amide bonds. The van der Waals surface area contributed by atoms with E-state index in [1.807, 2.05) is 12.3 Å². The third kappa shape index (κ3) is 2.28. The Hall–Kier alpha value is -1.27. The monoisotopic (exact) mass is 238 g/mol. The number of nitrogens with two attached hydrogens (primary N) is 1. The Morgan fingerprint density at radius 3 is 2.94 bits per heavy atom. The first-order chi connectivity index (χ1) is 7.70. The number of aromatic nitrogens is 3. The summed E-state index contributed by atoms with van der Waals surface area (Å²) >= 11 is 1.51. The summed E-state index contributed by atoms with van der Waals surface area (Å²) in [5.74, 6) is 1.21. The van der Waals surface area contributed by atoms with Gasteiger partial charge in [-0.1, -0.05) is 12.1 Å². The summed E-state index contributed by atoms with van der Waals surface area (Å²) in [6, 6.07) is -0.0585. The van der Waals surface area contributed by atoms with Crippen molar-refractivity contribution in [3.8, 4) is 11.6 Å². The van der Waals surface area contributed by atoms with Crippen molar-refractivity contribution in [1.29, 1.82) is 0 Å². The van der Waals surface area contributed by atoms with Crippen molar-refractivity contribution in [2.24, 2.45) is 5.73 Å². The molecule has 2 rings (SSSR count). The lowest BCUT2D eigenvalue weighted by molar-refractivity contribution is 0.421. The van der Waals surface area contributed by atoms with Crippen LogP contribution in [0.1, 0.15) is 37.1 Å². The van der Waals surface area contributed by atoms with E-state index in [-0.39, 0.29) is 6.04 Å². The third-order valence-electron chi connectivity index (χ3n) is 2.07. The van der Waals surface area contributed by atoms with Crippen molar-refractivity contribution >= 4 is 11.3 Å². The summed E-state index contributed by atoms with van der Waals surface area (Å²) in [5.41, 5.74) is 6.45. The maximum Gasteiger partial charge on any atom is 0.277 e. The molecule has 0 radical (unpaired) electrons. The Morgan fingerprint density at radius 1 is 1.50 bits per heavy atom. The van der Waals surface area contributed by atoms with Crippen LogP contribution in [0.15, 0.2) is 9.90 Å². The Morgan fingerprint density at radius 2 is 2.31 bits per heavy atom. The van der Waals surface area contributed by atoms with Crippen LogP contribution in [0.25, 0.3) is 11.6 Å². The number of aryl methyl sites for hydroxylation is 1. The molecule has 0 bridgehead atoms. The highest BCUT2D eigenvalue weighted by atomic mass is 32.1. The lowest BCUT2D eigenvalue weighted by Gasteiger charge is -1.95. The normalized spacial score (nSPS) is 12.9. The first kappa shape index (κ1) is 11.2. The van der Waals surface area contributed by atoms with E-state index in [0.29, 0.717) is 11.6 Å². The van der Waals surface area contributed by atoms with E-state index in [2.05, 4.69) is 22.0 Å². The summed E-state index contributed by atoms with van der Waals surface area (Å²) in [6.45, 7) is 3.98. The standard InChI is InChI=1S/C10H14N4OS/c1-3-4-8-13-9(15-14-8)7-5-16-10(12-7)6(2)11/h5-6H,3-4,11H2,1-2H3. The minimum atomic E-state index is -0.0585. The molecule has 6 heteroatoms. The first-order valence-corrected chi connectivity index (χ1v) is 6.12. The molecule has 2 N–H and O–H groups in total. The number of rotatable bonds is 4. The molecule has 86 valence electrons. The Labute approximate surface area is 97.7 Å². The summed E-state index contributed by atoms with van der Waals surface area (Å²) in [4.78, 5) is 8.62. The highest BCUT2D eigenvalue weighted by Crippen LogP contribution is 2.23. The van der Waals surface area contributed by atoms with E-state index >= 15 is 0 Å². The average molecular weight is 238 g/mol. The quantitative estimate of drug-likeness (QED) is 0.883. The van der Waals surface area contributed by atoms with Crippen LogP contribution in [0.2, 0.25) is 0 Å². The summed E-state index contributed by atoms with van der Waals surface area (Å²) < 4.78 is 5.14. The van der Waals surface area contributed by atoms with Gasteiger partial charge in [-0.25, -0.2) is 4.98 Å². The molecule has 2 aromatic rings. The second-order valence-electron chi connectivity index (χ2n) is 3.63. The zero-order valence-corrected chi connectivity index (χ0v) is 10.1. The maximum absolute atomic E-state index is 5.74. The zero-order valence-electron chi connectivity index (χ0n) is 9.30. The molecule has 2 heterocycles. The fourth-order valence-electron chi connectivity index (χ4n) is 1.28. The van der Waals surface area contributed by atoms with Gasteiger partial charge in [0.25, 0.3) is 5.89 Å². The fourth-order valence-corrected chi connectivity index (χ4v) is 2.03. The Balaban J connectivity index is 2.21. The van der Waals surface area contributed by atoms with E-state index in [0.717, 1.165) is 23.7 Å². The van der Waals surface area contributed by atoms with Crippen molar-refractivity contribution in [2.75, 3.05) is 0 Å². The molecule has 16 heavy (non-hydrogen) atoms. The molecule has 0 spiro atoms.